The third kappa shape index (κ3) is 5.30. The molecule has 1 unspecified atom stereocenters. The summed E-state index contributed by atoms with van der Waals surface area (Å²) in [6, 6.07) is 8.52. The molecule has 1 fully saturated rings. The van der Waals surface area contributed by atoms with Gasteiger partial charge in [0.05, 0.1) is 6.42 Å². The van der Waals surface area contributed by atoms with Crippen LogP contribution in [-0.4, -0.2) is 45.3 Å². The minimum absolute atomic E-state index is 0.0425. The number of nitrogens with one attached hydrogen (secondary N) is 2. The number of carbonyl (C=O) groups is 3. The number of thiocarbonyl (C=S) groups is 1. The molecule has 0 radical (unpaired) electrons. The molecule has 0 bridgehead atoms. The van der Waals surface area contributed by atoms with Crippen molar-refractivity contribution in [3.63, 3.8) is 0 Å². The Morgan fingerprint density at radius 3 is 2.45 bits per heavy atom. The van der Waals surface area contributed by atoms with Gasteiger partial charge in [0.2, 0.25) is 5.91 Å². The highest BCUT2D eigenvalue weighted by Crippen LogP contribution is 2.24. The second-order valence-corrected chi connectivity index (χ2v) is 7.85. The van der Waals surface area contributed by atoms with E-state index < -0.39 is 29.6 Å². The van der Waals surface area contributed by atoms with Crippen molar-refractivity contribution in [2.75, 3.05) is 11.9 Å². The van der Waals surface area contributed by atoms with E-state index in [0.29, 0.717) is 15.7 Å². The van der Waals surface area contributed by atoms with Gasteiger partial charge in [-0.3, -0.25) is 24.7 Å². The monoisotopic (exact) mass is 482 g/mol. The molecular weight excluding hydrogens is 466 g/mol. The standard InChI is InChI=1S/C20H17Cl2FN4O3S/c1-2-26-19(30)16(10-17(28)24-15-8-12(21)7-13(22)9-15)27(20(26)31)25-18(29)11-4-3-5-14(23)6-11/h3-9,16H,2,10H2,1H3,(H,24,28)(H,25,29). The Balaban J connectivity index is 1.78. The Labute approximate surface area is 193 Å². The third-order valence-corrected chi connectivity index (χ3v) is 5.30. The van der Waals surface area contributed by atoms with Crippen molar-refractivity contribution in [2.45, 2.75) is 19.4 Å². The molecule has 1 aliphatic rings. The maximum absolute atomic E-state index is 13.5. The summed E-state index contributed by atoms with van der Waals surface area (Å²) in [6.07, 6.45) is -0.303. The van der Waals surface area contributed by atoms with Gasteiger partial charge in [0.15, 0.2) is 5.11 Å². The fourth-order valence-electron chi connectivity index (χ4n) is 3.06. The van der Waals surface area contributed by atoms with Crippen LogP contribution in [0, 0.1) is 5.82 Å². The predicted molar refractivity (Wildman–Crippen MR) is 119 cm³/mol. The van der Waals surface area contributed by atoms with Crippen molar-refractivity contribution < 1.29 is 18.8 Å². The number of carbonyl (C=O) groups excluding carboxylic acids is 3. The first-order chi connectivity index (χ1) is 14.7. The average molecular weight is 483 g/mol. The van der Waals surface area contributed by atoms with Crippen molar-refractivity contribution in [3.05, 3.63) is 63.9 Å². The van der Waals surface area contributed by atoms with Crippen LogP contribution in [-0.2, 0) is 9.59 Å². The number of halogens is 3. The van der Waals surface area contributed by atoms with Crippen molar-refractivity contribution in [1.82, 2.24) is 15.3 Å². The van der Waals surface area contributed by atoms with E-state index >= 15 is 0 Å². The van der Waals surface area contributed by atoms with Crippen LogP contribution in [0.15, 0.2) is 42.5 Å². The number of rotatable bonds is 6. The molecule has 3 amide bonds. The van der Waals surface area contributed by atoms with Gasteiger partial charge in [-0.05, 0) is 55.5 Å². The molecule has 11 heteroatoms. The van der Waals surface area contributed by atoms with Crippen molar-refractivity contribution in [1.29, 1.82) is 0 Å². The maximum atomic E-state index is 13.5. The van der Waals surface area contributed by atoms with Gasteiger partial charge in [-0.25, -0.2) is 9.40 Å². The molecule has 3 rings (SSSR count). The molecule has 0 aliphatic carbocycles. The highest BCUT2D eigenvalue weighted by molar-refractivity contribution is 7.80. The largest absolute Gasteiger partial charge is 0.326 e. The van der Waals surface area contributed by atoms with Crippen molar-refractivity contribution in [3.8, 4) is 0 Å². The van der Waals surface area contributed by atoms with Gasteiger partial charge in [0.25, 0.3) is 11.8 Å². The summed E-state index contributed by atoms with van der Waals surface area (Å²) in [4.78, 5) is 39.2. The van der Waals surface area contributed by atoms with Gasteiger partial charge < -0.3 is 5.32 Å². The first kappa shape index (κ1) is 22.9. The van der Waals surface area contributed by atoms with Crippen LogP contribution >= 0.6 is 35.4 Å². The van der Waals surface area contributed by atoms with Gasteiger partial charge in [0.1, 0.15) is 11.9 Å². The van der Waals surface area contributed by atoms with E-state index in [9.17, 15) is 18.8 Å². The van der Waals surface area contributed by atoms with Crippen LogP contribution in [0.4, 0.5) is 10.1 Å². The van der Waals surface area contributed by atoms with E-state index in [2.05, 4.69) is 10.7 Å². The fraction of sp³-hybridized carbons (Fsp3) is 0.200. The van der Waals surface area contributed by atoms with Crippen LogP contribution in [0.2, 0.25) is 10.0 Å². The van der Waals surface area contributed by atoms with E-state index in [0.717, 1.165) is 11.1 Å². The molecule has 1 atom stereocenters. The molecule has 1 heterocycles. The summed E-state index contributed by atoms with van der Waals surface area (Å²) in [6.45, 7) is 1.97. The highest BCUT2D eigenvalue weighted by atomic mass is 35.5. The van der Waals surface area contributed by atoms with E-state index in [1.807, 2.05) is 0 Å². The smallest absolute Gasteiger partial charge is 0.269 e. The molecule has 2 aromatic rings. The first-order valence-corrected chi connectivity index (χ1v) is 10.3. The van der Waals surface area contributed by atoms with Gasteiger partial charge in [0, 0.05) is 27.8 Å². The normalized spacial score (nSPS) is 15.9. The number of hydrogen-bond donors (Lipinski definition) is 2. The number of hydrazine groups is 1. The lowest BCUT2D eigenvalue weighted by atomic mass is 10.1. The summed E-state index contributed by atoms with van der Waals surface area (Å²) >= 11 is 17.2. The van der Waals surface area contributed by atoms with E-state index in [1.165, 1.54) is 41.3 Å². The Hall–Kier alpha value is -2.75. The molecule has 162 valence electrons. The number of likely N-dealkylation sites (N-methyl/N-ethyl adjacent to an activating group) is 1. The predicted octanol–water partition coefficient (Wildman–Crippen LogP) is 3.62. The zero-order valence-electron chi connectivity index (χ0n) is 16.2. The van der Waals surface area contributed by atoms with Crippen LogP contribution in [0.5, 0.6) is 0 Å². The molecule has 1 aliphatic heterocycles. The van der Waals surface area contributed by atoms with Crippen LogP contribution in [0.3, 0.4) is 0 Å². The second-order valence-electron chi connectivity index (χ2n) is 6.61. The number of benzene rings is 2. The molecule has 0 aromatic heterocycles. The lowest BCUT2D eigenvalue weighted by molar-refractivity contribution is -0.130. The Bertz CT molecular complexity index is 1050. The SMILES string of the molecule is CCN1C(=O)C(CC(=O)Nc2cc(Cl)cc(Cl)c2)N(NC(=O)c2cccc(F)c2)C1=S. The van der Waals surface area contributed by atoms with Gasteiger partial charge in [-0.2, -0.15) is 0 Å². The maximum Gasteiger partial charge on any atom is 0.269 e. The molecule has 31 heavy (non-hydrogen) atoms. The lowest BCUT2D eigenvalue weighted by Gasteiger charge is -2.24. The molecule has 2 N–H and O–H groups in total. The summed E-state index contributed by atoms with van der Waals surface area (Å²) in [5.74, 6) is -2.20. The molecule has 0 spiro atoms. The molecular formula is C20H17Cl2FN4O3S. The summed E-state index contributed by atoms with van der Waals surface area (Å²) < 4.78 is 13.5. The summed E-state index contributed by atoms with van der Waals surface area (Å²) in [7, 11) is 0. The van der Waals surface area contributed by atoms with Crippen molar-refractivity contribution >= 4 is 63.9 Å². The Morgan fingerprint density at radius 2 is 1.84 bits per heavy atom. The zero-order chi connectivity index (χ0) is 22.7. The van der Waals surface area contributed by atoms with Gasteiger partial charge in [-0.15, -0.1) is 0 Å². The number of nitrogens with zero attached hydrogens (tertiary/aromatic N) is 2. The van der Waals surface area contributed by atoms with Gasteiger partial charge in [-0.1, -0.05) is 29.3 Å². The zero-order valence-corrected chi connectivity index (χ0v) is 18.5. The minimum Gasteiger partial charge on any atom is -0.326 e. The average Bonchev–Trinajstić information content (AvgIpc) is 2.90. The van der Waals surface area contributed by atoms with Crippen LogP contribution < -0.4 is 10.7 Å². The van der Waals surface area contributed by atoms with Crippen LogP contribution in [0.25, 0.3) is 0 Å². The lowest BCUT2D eigenvalue weighted by Crippen LogP contribution is -2.49. The van der Waals surface area contributed by atoms with Crippen LogP contribution in [0.1, 0.15) is 23.7 Å². The minimum atomic E-state index is -1.07. The molecule has 0 saturated carbocycles. The molecule has 2 aromatic carbocycles. The Morgan fingerprint density at radius 1 is 1.16 bits per heavy atom. The number of anilines is 1. The van der Waals surface area contributed by atoms with E-state index in [4.69, 9.17) is 35.4 Å². The van der Waals surface area contributed by atoms with Gasteiger partial charge >= 0.3 is 0 Å². The first-order valence-electron chi connectivity index (χ1n) is 9.16. The quantitative estimate of drug-likeness (QED) is 0.614. The highest BCUT2D eigenvalue weighted by Gasteiger charge is 2.43. The van der Waals surface area contributed by atoms with E-state index in [1.54, 1.807) is 6.92 Å². The topological polar surface area (TPSA) is 81.8 Å². The fourth-order valence-corrected chi connectivity index (χ4v) is 3.98. The molecule has 1 saturated heterocycles. The Kier molecular flexibility index (Phi) is 7.09. The summed E-state index contributed by atoms with van der Waals surface area (Å²) in [5.41, 5.74) is 2.91. The third-order valence-electron chi connectivity index (χ3n) is 4.45. The van der Waals surface area contributed by atoms with E-state index in [-0.39, 0.29) is 23.6 Å². The van der Waals surface area contributed by atoms with Crippen molar-refractivity contribution in [2.24, 2.45) is 0 Å². The molecule has 7 nitrogen and oxygen atoms in total. The summed E-state index contributed by atoms with van der Waals surface area (Å²) in [5, 5.41) is 4.49. The number of hydrogen-bond acceptors (Lipinski definition) is 4. The second kappa shape index (κ2) is 9.59. The number of amides is 3.